The number of carbonyl (C=O) groups is 2. The van der Waals surface area contributed by atoms with Crippen LogP contribution < -0.4 is 4.74 Å². The lowest BCUT2D eigenvalue weighted by Crippen LogP contribution is -2.45. The Morgan fingerprint density at radius 3 is 2.81 bits per heavy atom. The van der Waals surface area contributed by atoms with Crippen LogP contribution in [0.2, 0.25) is 0 Å². The third-order valence-corrected chi connectivity index (χ3v) is 3.82. The third-order valence-electron chi connectivity index (χ3n) is 3.82. The third kappa shape index (κ3) is 3.40. The van der Waals surface area contributed by atoms with Gasteiger partial charge in [0.1, 0.15) is 22.9 Å². The summed E-state index contributed by atoms with van der Waals surface area (Å²) in [4.78, 5) is 25.7. The first-order chi connectivity index (χ1) is 10.0. The van der Waals surface area contributed by atoms with Gasteiger partial charge in [-0.3, -0.25) is 9.59 Å². The molecule has 114 valence electrons. The summed E-state index contributed by atoms with van der Waals surface area (Å²) in [5.41, 5.74) is -0.0459. The van der Waals surface area contributed by atoms with Gasteiger partial charge >= 0.3 is 0 Å². The Morgan fingerprint density at radius 1 is 1.38 bits per heavy atom. The summed E-state index contributed by atoms with van der Waals surface area (Å²) >= 11 is 0. The van der Waals surface area contributed by atoms with E-state index in [9.17, 15) is 14.0 Å². The Balaban J connectivity index is 2.31. The van der Waals surface area contributed by atoms with Crippen LogP contribution in [0.25, 0.3) is 0 Å². The van der Waals surface area contributed by atoms with Gasteiger partial charge in [-0.2, -0.15) is 0 Å². The van der Waals surface area contributed by atoms with Gasteiger partial charge in [-0.25, -0.2) is 4.39 Å². The summed E-state index contributed by atoms with van der Waals surface area (Å²) in [6.07, 6.45) is 2.96. The van der Waals surface area contributed by atoms with Crippen LogP contribution in [0.3, 0.4) is 0 Å². The van der Waals surface area contributed by atoms with E-state index in [-0.39, 0.29) is 23.1 Å². The molecular weight excluding hydrogens is 273 g/mol. The molecule has 1 aromatic carbocycles. The highest BCUT2D eigenvalue weighted by molar-refractivity contribution is 5.97. The lowest BCUT2D eigenvalue weighted by atomic mass is 9.96. The monoisotopic (exact) mass is 293 g/mol. The number of rotatable bonds is 4. The standard InChI is InChI=1S/C16H20FNO3/c1-11(19)10-12-6-3-4-9-18(12)16(20)15-13(17)7-5-8-14(15)21-2/h5,7-8,12H,3-4,6,9-10H2,1-2H3. The van der Waals surface area contributed by atoms with E-state index in [1.165, 1.54) is 26.2 Å². The number of piperidine rings is 1. The zero-order chi connectivity index (χ0) is 15.4. The van der Waals surface area contributed by atoms with Crippen LogP contribution in [0.15, 0.2) is 18.2 Å². The van der Waals surface area contributed by atoms with E-state index in [0.29, 0.717) is 13.0 Å². The Hall–Kier alpha value is -1.91. The van der Waals surface area contributed by atoms with Crippen LogP contribution in [0.1, 0.15) is 43.0 Å². The first-order valence-corrected chi connectivity index (χ1v) is 7.17. The Bertz CT molecular complexity index is 544. The predicted octanol–water partition coefficient (Wildman–Crippen LogP) is 2.81. The second kappa shape index (κ2) is 6.70. The molecule has 0 saturated carbocycles. The van der Waals surface area contributed by atoms with E-state index < -0.39 is 11.7 Å². The second-order valence-corrected chi connectivity index (χ2v) is 5.37. The molecule has 0 spiro atoms. The molecule has 5 heteroatoms. The van der Waals surface area contributed by atoms with Crippen molar-refractivity contribution in [1.29, 1.82) is 0 Å². The maximum absolute atomic E-state index is 14.0. The topological polar surface area (TPSA) is 46.6 Å². The average molecular weight is 293 g/mol. The van der Waals surface area contributed by atoms with E-state index in [0.717, 1.165) is 19.3 Å². The maximum Gasteiger partial charge on any atom is 0.260 e. The highest BCUT2D eigenvalue weighted by atomic mass is 19.1. The van der Waals surface area contributed by atoms with E-state index in [4.69, 9.17) is 4.74 Å². The minimum absolute atomic E-state index is 0.0419. The van der Waals surface area contributed by atoms with Crippen LogP contribution >= 0.6 is 0 Å². The molecule has 0 aliphatic carbocycles. The summed E-state index contributed by atoms with van der Waals surface area (Å²) < 4.78 is 19.1. The fourth-order valence-electron chi connectivity index (χ4n) is 2.84. The zero-order valence-corrected chi connectivity index (χ0v) is 12.4. The Morgan fingerprint density at radius 2 is 2.14 bits per heavy atom. The molecule has 1 fully saturated rings. The van der Waals surface area contributed by atoms with Gasteiger partial charge in [0.15, 0.2) is 0 Å². The molecule has 1 heterocycles. The van der Waals surface area contributed by atoms with Crippen molar-refractivity contribution >= 4 is 11.7 Å². The molecule has 1 unspecified atom stereocenters. The van der Waals surface area contributed by atoms with Crippen molar-refractivity contribution in [2.45, 2.75) is 38.6 Å². The summed E-state index contributed by atoms with van der Waals surface area (Å²) in [6, 6.07) is 4.18. The SMILES string of the molecule is COc1cccc(F)c1C(=O)N1CCCCC1CC(C)=O. The fourth-order valence-corrected chi connectivity index (χ4v) is 2.84. The number of amides is 1. The normalized spacial score (nSPS) is 18.4. The largest absolute Gasteiger partial charge is 0.496 e. The number of ketones is 1. The lowest BCUT2D eigenvalue weighted by Gasteiger charge is -2.35. The molecule has 1 saturated heterocycles. The lowest BCUT2D eigenvalue weighted by molar-refractivity contribution is -0.118. The number of methoxy groups -OCH3 is 1. The first-order valence-electron chi connectivity index (χ1n) is 7.17. The van der Waals surface area contributed by atoms with Crippen LogP contribution in [-0.4, -0.2) is 36.3 Å². The molecule has 21 heavy (non-hydrogen) atoms. The Labute approximate surface area is 123 Å². The van der Waals surface area contributed by atoms with Gasteiger partial charge in [-0.1, -0.05) is 6.07 Å². The van der Waals surface area contributed by atoms with Gasteiger partial charge in [-0.15, -0.1) is 0 Å². The van der Waals surface area contributed by atoms with Gasteiger partial charge in [0.25, 0.3) is 5.91 Å². The van der Waals surface area contributed by atoms with Gasteiger partial charge in [0, 0.05) is 19.0 Å². The van der Waals surface area contributed by atoms with E-state index in [2.05, 4.69) is 0 Å². The number of benzene rings is 1. The number of carbonyl (C=O) groups excluding carboxylic acids is 2. The number of likely N-dealkylation sites (tertiary alicyclic amines) is 1. The van der Waals surface area contributed by atoms with Crippen LogP contribution in [0.4, 0.5) is 4.39 Å². The summed E-state index contributed by atoms with van der Waals surface area (Å²) in [5, 5.41) is 0. The van der Waals surface area contributed by atoms with Gasteiger partial charge in [0.05, 0.1) is 7.11 Å². The van der Waals surface area contributed by atoms with Crippen molar-refractivity contribution in [2.24, 2.45) is 0 Å². The minimum Gasteiger partial charge on any atom is -0.496 e. The van der Waals surface area contributed by atoms with Gasteiger partial charge < -0.3 is 9.64 Å². The van der Waals surface area contributed by atoms with E-state index in [1.807, 2.05) is 0 Å². The highest BCUT2D eigenvalue weighted by Crippen LogP contribution is 2.27. The van der Waals surface area contributed by atoms with Crippen molar-refractivity contribution in [2.75, 3.05) is 13.7 Å². The van der Waals surface area contributed by atoms with Crippen molar-refractivity contribution < 1.29 is 18.7 Å². The Kier molecular flexibility index (Phi) is 4.94. The average Bonchev–Trinajstić information content (AvgIpc) is 2.46. The second-order valence-electron chi connectivity index (χ2n) is 5.37. The molecule has 0 bridgehead atoms. The molecule has 1 aliphatic heterocycles. The van der Waals surface area contributed by atoms with Crippen molar-refractivity contribution in [3.8, 4) is 5.75 Å². The van der Waals surface area contributed by atoms with Crippen LogP contribution in [-0.2, 0) is 4.79 Å². The van der Waals surface area contributed by atoms with Crippen LogP contribution in [0, 0.1) is 5.82 Å². The highest BCUT2D eigenvalue weighted by Gasteiger charge is 2.31. The summed E-state index contributed by atoms with van der Waals surface area (Å²) in [5.74, 6) is -0.713. The van der Waals surface area contributed by atoms with Gasteiger partial charge in [-0.05, 0) is 38.3 Å². The summed E-state index contributed by atoms with van der Waals surface area (Å²) in [7, 11) is 1.41. The molecule has 1 aromatic rings. The van der Waals surface area contributed by atoms with E-state index in [1.54, 1.807) is 11.0 Å². The van der Waals surface area contributed by atoms with E-state index >= 15 is 0 Å². The zero-order valence-electron chi connectivity index (χ0n) is 12.4. The van der Waals surface area contributed by atoms with Gasteiger partial charge in [0.2, 0.25) is 0 Å². The quantitative estimate of drug-likeness (QED) is 0.857. The molecule has 1 amide bonds. The van der Waals surface area contributed by atoms with Crippen LogP contribution in [0.5, 0.6) is 5.75 Å². The molecule has 2 rings (SSSR count). The molecule has 4 nitrogen and oxygen atoms in total. The molecule has 0 aromatic heterocycles. The fraction of sp³-hybridized carbons (Fsp3) is 0.500. The number of hydrogen-bond donors (Lipinski definition) is 0. The molecule has 0 radical (unpaired) electrons. The van der Waals surface area contributed by atoms with Crippen molar-refractivity contribution in [3.05, 3.63) is 29.6 Å². The number of hydrogen-bond acceptors (Lipinski definition) is 3. The minimum atomic E-state index is -0.591. The predicted molar refractivity (Wildman–Crippen MR) is 76.9 cm³/mol. The molecular formula is C16H20FNO3. The molecule has 1 aliphatic rings. The number of nitrogens with zero attached hydrogens (tertiary/aromatic N) is 1. The number of ether oxygens (including phenoxy) is 1. The smallest absolute Gasteiger partial charge is 0.260 e. The first kappa shape index (κ1) is 15.5. The van der Waals surface area contributed by atoms with Crippen molar-refractivity contribution in [3.63, 3.8) is 0 Å². The number of Topliss-reactive ketones (excluding diaryl/α,β-unsaturated/α-hetero) is 1. The van der Waals surface area contributed by atoms with Crippen molar-refractivity contribution in [1.82, 2.24) is 4.90 Å². The molecule has 1 atom stereocenters. The maximum atomic E-state index is 14.0. The molecule has 0 N–H and O–H groups in total. The summed E-state index contributed by atoms with van der Waals surface area (Å²) in [6.45, 7) is 2.06. The number of halogens is 1.